The number of rotatable bonds is 6. The lowest BCUT2D eigenvalue weighted by atomic mass is 10.1. The van der Waals surface area contributed by atoms with E-state index in [4.69, 9.17) is 11.6 Å². The molecule has 5 nitrogen and oxygen atoms in total. The smallest absolute Gasteiger partial charge is 0.255 e. The number of carbonyl (C=O) groups excluding carboxylic acids is 2. The van der Waals surface area contributed by atoms with Gasteiger partial charge in [0.25, 0.3) is 5.91 Å². The number of halogens is 2. The van der Waals surface area contributed by atoms with E-state index < -0.39 is 5.82 Å². The first kappa shape index (κ1) is 20.3. The Morgan fingerprint density at radius 2 is 1.75 bits per heavy atom. The van der Waals surface area contributed by atoms with Crippen LogP contribution in [-0.2, 0) is 11.2 Å². The fourth-order valence-electron chi connectivity index (χ4n) is 3.19. The minimum atomic E-state index is -0.468. The van der Waals surface area contributed by atoms with Crippen molar-refractivity contribution < 1.29 is 14.0 Å². The Morgan fingerprint density at radius 1 is 1.04 bits per heavy atom. The molecule has 1 aliphatic rings. The van der Waals surface area contributed by atoms with E-state index in [1.165, 1.54) is 17.7 Å². The monoisotopic (exact) mass is 403 g/mol. The van der Waals surface area contributed by atoms with Crippen molar-refractivity contribution in [1.82, 2.24) is 15.1 Å². The van der Waals surface area contributed by atoms with Crippen LogP contribution in [0, 0.1) is 5.82 Å². The zero-order valence-electron chi connectivity index (χ0n) is 15.5. The summed E-state index contributed by atoms with van der Waals surface area (Å²) in [4.78, 5) is 28.4. The Morgan fingerprint density at radius 3 is 2.43 bits per heavy atom. The summed E-state index contributed by atoms with van der Waals surface area (Å²) in [6, 6.07) is 13.8. The molecular formula is C21H23ClFN3O2. The fourth-order valence-corrected chi connectivity index (χ4v) is 3.44. The number of carbonyl (C=O) groups is 2. The molecule has 1 aliphatic heterocycles. The summed E-state index contributed by atoms with van der Waals surface area (Å²) in [5.74, 6) is -0.695. The Kier molecular flexibility index (Phi) is 7.01. The Bertz CT molecular complexity index is 824. The van der Waals surface area contributed by atoms with E-state index in [1.807, 2.05) is 35.2 Å². The fraction of sp³-hybridized carbons (Fsp3) is 0.333. The molecule has 2 amide bonds. The van der Waals surface area contributed by atoms with Crippen molar-refractivity contribution in [1.29, 1.82) is 0 Å². The molecule has 0 aliphatic carbocycles. The van der Waals surface area contributed by atoms with Gasteiger partial charge in [-0.2, -0.15) is 0 Å². The van der Waals surface area contributed by atoms with Gasteiger partial charge in [-0.1, -0.05) is 41.9 Å². The lowest BCUT2D eigenvalue weighted by Crippen LogP contribution is -2.51. The van der Waals surface area contributed by atoms with Gasteiger partial charge >= 0.3 is 0 Å². The molecule has 28 heavy (non-hydrogen) atoms. The summed E-state index contributed by atoms with van der Waals surface area (Å²) in [7, 11) is 0. The van der Waals surface area contributed by atoms with Crippen LogP contribution in [0.2, 0.25) is 5.02 Å². The molecular weight excluding hydrogens is 381 g/mol. The molecule has 0 spiro atoms. The van der Waals surface area contributed by atoms with E-state index >= 15 is 0 Å². The molecule has 7 heteroatoms. The van der Waals surface area contributed by atoms with E-state index in [0.29, 0.717) is 44.8 Å². The molecule has 0 saturated carbocycles. The molecule has 0 radical (unpaired) electrons. The molecule has 1 N–H and O–H groups in total. The molecule has 0 aromatic heterocycles. The normalized spacial score (nSPS) is 14.7. The van der Waals surface area contributed by atoms with Gasteiger partial charge in [0.05, 0.1) is 17.1 Å². The number of piperazine rings is 1. The van der Waals surface area contributed by atoms with Crippen LogP contribution < -0.4 is 5.32 Å². The number of amides is 2. The van der Waals surface area contributed by atoms with Crippen molar-refractivity contribution in [2.45, 2.75) is 6.42 Å². The van der Waals surface area contributed by atoms with Crippen LogP contribution in [-0.4, -0.2) is 60.9 Å². The summed E-state index contributed by atoms with van der Waals surface area (Å²) >= 11 is 5.98. The number of hydrogen-bond acceptors (Lipinski definition) is 3. The van der Waals surface area contributed by atoms with Gasteiger partial charge in [-0.15, -0.1) is 0 Å². The molecule has 1 heterocycles. The lowest BCUT2D eigenvalue weighted by molar-refractivity contribution is -0.122. The Hall–Kier alpha value is -2.44. The Labute approximate surface area is 169 Å². The third-order valence-corrected chi connectivity index (χ3v) is 5.08. The second kappa shape index (κ2) is 9.66. The van der Waals surface area contributed by atoms with Crippen molar-refractivity contribution in [2.24, 2.45) is 0 Å². The maximum absolute atomic E-state index is 13.2. The molecule has 0 unspecified atom stereocenters. The number of benzene rings is 2. The van der Waals surface area contributed by atoms with Gasteiger partial charge in [-0.25, -0.2) is 4.39 Å². The molecule has 0 bridgehead atoms. The van der Waals surface area contributed by atoms with E-state index in [-0.39, 0.29) is 16.8 Å². The van der Waals surface area contributed by atoms with Crippen LogP contribution in [0.4, 0.5) is 4.39 Å². The summed E-state index contributed by atoms with van der Waals surface area (Å²) in [6.07, 6.45) is 0.799. The van der Waals surface area contributed by atoms with Crippen LogP contribution in [0.3, 0.4) is 0 Å². The van der Waals surface area contributed by atoms with Gasteiger partial charge in [-0.05, 0) is 30.2 Å². The maximum Gasteiger partial charge on any atom is 0.255 e. The quantitative estimate of drug-likeness (QED) is 0.806. The zero-order valence-corrected chi connectivity index (χ0v) is 16.3. The van der Waals surface area contributed by atoms with Crippen molar-refractivity contribution in [3.8, 4) is 0 Å². The van der Waals surface area contributed by atoms with Crippen LogP contribution in [0.5, 0.6) is 0 Å². The average molecular weight is 404 g/mol. The summed E-state index contributed by atoms with van der Waals surface area (Å²) in [5, 5.41) is 3.05. The van der Waals surface area contributed by atoms with Crippen LogP contribution in [0.25, 0.3) is 0 Å². The highest BCUT2D eigenvalue weighted by atomic mass is 35.5. The highest BCUT2D eigenvalue weighted by Crippen LogP contribution is 2.19. The van der Waals surface area contributed by atoms with E-state index in [1.54, 1.807) is 4.90 Å². The zero-order chi connectivity index (χ0) is 19.9. The minimum Gasteiger partial charge on any atom is -0.355 e. The second-order valence-electron chi connectivity index (χ2n) is 6.78. The average Bonchev–Trinajstić information content (AvgIpc) is 2.69. The van der Waals surface area contributed by atoms with Crippen molar-refractivity contribution in [3.63, 3.8) is 0 Å². The highest BCUT2D eigenvalue weighted by Gasteiger charge is 2.24. The minimum absolute atomic E-state index is 0.0164. The first-order valence-electron chi connectivity index (χ1n) is 9.30. The second-order valence-corrected chi connectivity index (χ2v) is 7.19. The van der Waals surface area contributed by atoms with E-state index in [2.05, 4.69) is 5.32 Å². The first-order valence-corrected chi connectivity index (χ1v) is 9.68. The third-order valence-electron chi connectivity index (χ3n) is 4.77. The van der Waals surface area contributed by atoms with E-state index in [0.717, 1.165) is 12.5 Å². The van der Waals surface area contributed by atoms with Crippen LogP contribution >= 0.6 is 11.6 Å². The molecule has 1 fully saturated rings. The van der Waals surface area contributed by atoms with E-state index in [9.17, 15) is 14.0 Å². The predicted octanol–water partition coefficient (Wildman–Crippen LogP) is 2.60. The van der Waals surface area contributed by atoms with Crippen molar-refractivity contribution in [3.05, 3.63) is 70.5 Å². The largest absolute Gasteiger partial charge is 0.355 e. The summed E-state index contributed by atoms with van der Waals surface area (Å²) in [6.45, 7) is 3.14. The number of nitrogens with one attached hydrogen (secondary N) is 1. The SMILES string of the molecule is O=C(CN1CCN(C(=O)c2ccc(F)cc2Cl)CC1)NCCc1ccccc1. The number of hydrogen-bond donors (Lipinski definition) is 1. The van der Waals surface area contributed by atoms with Crippen molar-refractivity contribution in [2.75, 3.05) is 39.3 Å². The van der Waals surface area contributed by atoms with Gasteiger partial charge in [0.1, 0.15) is 5.82 Å². The van der Waals surface area contributed by atoms with Gasteiger partial charge in [0.15, 0.2) is 0 Å². The first-order chi connectivity index (χ1) is 13.5. The molecule has 0 atom stereocenters. The van der Waals surface area contributed by atoms with Gasteiger partial charge < -0.3 is 10.2 Å². The molecule has 2 aromatic rings. The highest BCUT2D eigenvalue weighted by molar-refractivity contribution is 6.33. The molecule has 148 valence electrons. The topological polar surface area (TPSA) is 52.7 Å². The van der Waals surface area contributed by atoms with Crippen LogP contribution in [0.1, 0.15) is 15.9 Å². The third kappa shape index (κ3) is 5.53. The number of nitrogens with zero attached hydrogens (tertiary/aromatic N) is 2. The van der Waals surface area contributed by atoms with Crippen LogP contribution in [0.15, 0.2) is 48.5 Å². The standard InChI is InChI=1S/C21H23ClFN3O2/c22-19-14-17(23)6-7-18(19)21(28)26-12-10-25(11-13-26)15-20(27)24-9-8-16-4-2-1-3-5-16/h1-7,14H,8-13,15H2,(H,24,27). The van der Waals surface area contributed by atoms with Crippen molar-refractivity contribution >= 4 is 23.4 Å². The van der Waals surface area contributed by atoms with Gasteiger partial charge in [-0.3, -0.25) is 14.5 Å². The van der Waals surface area contributed by atoms with Gasteiger partial charge in [0, 0.05) is 32.7 Å². The summed E-state index contributed by atoms with van der Waals surface area (Å²) in [5.41, 5.74) is 1.49. The van der Waals surface area contributed by atoms with Gasteiger partial charge in [0.2, 0.25) is 5.91 Å². The Balaban J connectivity index is 1.41. The molecule has 3 rings (SSSR count). The molecule has 1 saturated heterocycles. The molecule has 2 aromatic carbocycles. The summed E-state index contributed by atoms with van der Waals surface area (Å²) < 4.78 is 13.2. The maximum atomic E-state index is 13.2. The lowest BCUT2D eigenvalue weighted by Gasteiger charge is -2.34. The predicted molar refractivity (Wildman–Crippen MR) is 107 cm³/mol.